The summed E-state index contributed by atoms with van der Waals surface area (Å²) in [6, 6.07) is 6.82. The van der Waals surface area contributed by atoms with Crippen LogP contribution in [-0.2, 0) is 0 Å². The van der Waals surface area contributed by atoms with Gasteiger partial charge in [-0.15, -0.1) is 0 Å². The molecular formula is C17H20N2O4. The van der Waals surface area contributed by atoms with E-state index in [4.69, 9.17) is 14.2 Å². The van der Waals surface area contributed by atoms with Crippen LogP contribution in [0.25, 0.3) is 0 Å². The number of carbonyl (C=O) groups is 1. The van der Waals surface area contributed by atoms with Crippen LogP contribution in [0.3, 0.4) is 0 Å². The zero-order valence-electron chi connectivity index (χ0n) is 13.6. The number of nitrogens with zero attached hydrogens (tertiary/aromatic N) is 1. The van der Waals surface area contributed by atoms with E-state index in [9.17, 15) is 4.79 Å². The lowest BCUT2D eigenvalue weighted by molar-refractivity contribution is 0.0939. The number of nitrogens with one attached hydrogen (secondary N) is 1. The first kappa shape index (κ1) is 16.6. The lowest BCUT2D eigenvalue weighted by Gasteiger charge is -2.16. The van der Waals surface area contributed by atoms with E-state index in [0.29, 0.717) is 22.8 Å². The van der Waals surface area contributed by atoms with Gasteiger partial charge in [0.05, 0.1) is 27.4 Å². The third-order valence-corrected chi connectivity index (χ3v) is 3.48. The van der Waals surface area contributed by atoms with Gasteiger partial charge < -0.3 is 19.5 Å². The highest BCUT2D eigenvalue weighted by Crippen LogP contribution is 2.38. The molecule has 0 saturated heterocycles. The van der Waals surface area contributed by atoms with Gasteiger partial charge >= 0.3 is 0 Å². The quantitative estimate of drug-likeness (QED) is 0.887. The fraction of sp³-hybridized carbons (Fsp3) is 0.294. The molecule has 23 heavy (non-hydrogen) atoms. The van der Waals surface area contributed by atoms with Crippen LogP contribution < -0.4 is 19.5 Å². The fourth-order valence-electron chi connectivity index (χ4n) is 2.23. The zero-order valence-corrected chi connectivity index (χ0v) is 13.6. The summed E-state index contributed by atoms with van der Waals surface area (Å²) in [6.07, 6.45) is 3.38. The van der Waals surface area contributed by atoms with Crippen molar-refractivity contribution in [3.8, 4) is 17.2 Å². The summed E-state index contributed by atoms with van der Waals surface area (Å²) in [4.78, 5) is 16.5. The fourth-order valence-corrected chi connectivity index (χ4v) is 2.23. The summed E-state index contributed by atoms with van der Waals surface area (Å²) in [5.74, 6) is 1.10. The molecule has 0 aliphatic heterocycles. The molecule has 1 heterocycles. The molecule has 1 N–H and O–H groups in total. The molecule has 1 aromatic carbocycles. The summed E-state index contributed by atoms with van der Waals surface area (Å²) in [5.41, 5.74) is 1.40. The van der Waals surface area contributed by atoms with Crippen molar-refractivity contribution >= 4 is 5.91 Å². The van der Waals surface area contributed by atoms with Crippen molar-refractivity contribution in [2.45, 2.75) is 13.0 Å². The predicted molar refractivity (Wildman–Crippen MR) is 86.2 cm³/mol. The number of amides is 1. The van der Waals surface area contributed by atoms with Crippen molar-refractivity contribution in [2.24, 2.45) is 0 Å². The minimum absolute atomic E-state index is 0.149. The Kier molecular flexibility index (Phi) is 5.41. The molecule has 0 bridgehead atoms. The monoisotopic (exact) mass is 316 g/mol. The van der Waals surface area contributed by atoms with Gasteiger partial charge in [-0.05, 0) is 36.8 Å². The highest BCUT2D eigenvalue weighted by Gasteiger charge is 2.18. The molecule has 1 aromatic heterocycles. The standard InChI is InChI=1S/C17H20N2O4/c1-11(12-5-7-18-8-6-12)19-17(20)13-9-14(21-2)16(23-4)15(10-13)22-3/h5-11H,1-4H3,(H,19,20). The van der Waals surface area contributed by atoms with Crippen LogP contribution in [0.1, 0.15) is 28.9 Å². The molecule has 0 aliphatic carbocycles. The van der Waals surface area contributed by atoms with Crippen LogP contribution in [0.5, 0.6) is 17.2 Å². The number of carbonyl (C=O) groups excluding carboxylic acids is 1. The first-order valence-corrected chi connectivity index (χ1v) is 7.11. The average Bonchev–Trinajstić information content (AvgIpc) is 2.60. The van der Waals surface area contributed by atoms with E-state index in [0.717, 1.165) is 5.56 Å². The third-order valence-electron chi connectivity index (χ3n) is 3.48. The summed E-state index contributed by atoms with van der Waals surface area (Å²) in [7, 11) is 4.54. The van der Waals surface area contributed by atoms with Gasteiger partial charge in [0.25, 0.3) is 5.91 Å². The van der Waals surface area contributed by atoms with Crippen LogP contribution in [0.4, 0.5) is 0 Å². The third kappa shape index (κ3) is 3.71. The van der Waals surface area contributed by atoms with Gasteiger partial charge in [0.2, 0.25) is 5.75 Å². The Morgan fingerprint density at radius 2 is 1.61 bits per heavy atom. The number of pyridine rings is 1. The molecule has 2 aromatic rings. The molecule has 122 valence electrons. The number of ether oxygens (including phenoxy) is 3. The van der Waals surface area contributed by atoms with Crippen LogP contribution in [0.2, 0.25) is 0 Å². The van der Waals surface area contributed by atoms with Crippen LogP contribution in [0.15, 0.2) is 36.7 Å². The van der Waals surface area contributed by atoms with E-state index in [-0.39, 0.29) is 11.9 Å². The minimum atomic E-state index is -0.228. The maximum Gasteiger partial charge on any atom is 0.252 e. The maximum absolute atomic E-state index is 12.5. The number of hydrogen-bond donors (Lipinski definition) is 1. The second-order valence-corrected chi connectivity index (χ2v) is 4.89. The lowest BCUT2D eigenvalue weighted by Crippen LogP contribution is -2.26. The van der Waals surface area contributed by atoms with Gasteiger partial charge in [-0.3, -0.25) is 9.78 Å². The first-order valence-electron chi connectivity index (χ1n) is 7.11. The number of hydrogen-bond acceptors (Lipinski definition) is 5. The van der Waals surface area contributed by atoms with E-state index in [1.54, 1.807) is 24.5 Å². The molecule has 6 nitrogen and oxygen atoms in total. The molecule has 1 unspecified atom stereocenters. The van der Waals surface area contributed by atoms with E-state index >= 15 is 0 Å². The Bertz CT molecular complexity index is 649. The molecule has 0 aliphatic rings. The summed E-state index contributed by atoms with van der Waals surface area (Å²) in [5, 5.41) is 2.93. The SMILES string of the molecule is COc1cc(C(=O)NC(C)c2ccncc2)cc(OC)c1OC. The number of rotatable bonds is 6. The normalized spacial score (nSPS) is 11.5. The van der Waals surface area contributed by atoms with E-state index in [1.807, 2.05) is 19.1 Å². The summed E-state index contributed by atoms with van der Waals surface area (Å²) < 4.78 is 15.8. The number of benzene rings is 1. The zero-order chi connectivity index (χ0) is 16.8. The minimum Gasteiger partial charge on any atom is -0.493 e. The molecule has 0 fully saturated rings. The molecule has 2 rings (SSSR count). The molecule has 1 amide bonds. The van der Waals surface area contributed by atoms with Gasteiger partial charge in [-0.2, -0.15) is 0 Å². The van der Waals surface area contributed by atoms with Crippen LogP contribution in [-0.4, -0.2) is 32.2 Å². The molecule has 0 saturated carbocycles. The first-order chi connectivity index (χ1) is 11.1. The highest BCUT2D eigenvalue weighted by molar-refractivity contribution is 5.95. The second-order valence-electron chi connectivity index (χ2n) is 4.89. The van der Waals surface area contributed by atoms with Crippen molar-refractivity contribution in [1.29, 1.82) is 0 Å². The Balaban J connectivity index is 2.25. The average molecular weight is 316 g/mol. The van der Waals surface area contributed by atoms with E-state index in [1.165, 1.54) is 21.3 Å². The van der Waals surface area contributed by atoms with Crippen LogP contribution >= 0.6 is 0 Å². The van der Waals surface area contributed by atoms with Crippen molar-refractivity contribution < 1.29 is 19.0 Å². The van der Waals surface area contributed by atoms with Gasteiger partial charge in [0, 0.05) is 18.0 Å². The van der Waals surface area contributed by atoms with Gasteiger partial charge in [0.1, 0.15) is 0 Å². The molecular weight excluding hydrogens is 296 g/mol. The molecule has 6 heteroatoms. The van der Waals surface area contributed by atoms with Crippen molar-refractivity contribution in [1.82, 2.24) is 10.3 Å². The molecule has 0 radical (unpaired) electrons. The van der Waals surface area contributed by atoms with E-state index < -0.39 is 0 Å². The largest absolute Gasteiger partial charge is 0.493 e. The Morgan fingerprint density at radius 3 is 2.09 bits per heavy atom. The smallest absolute Gasteiger partial charge is 0.252 e. The molecule has 1 atom stereocenters. The van der Waals surface area contributed by atoms with Crippen molar-refractivity contribution in [3.63, 3.8) is 0 Å². The summed E-state index contributed by atoms with van der Waals surface area (Å²) in [6.45, 7) is 1.91. The van der Waals surface area contributed by atoms with E-state index in [2.05, 4.69) is 10.3 Å². The molecule has 0 spiro atoms. The van der Waals surface area contributed by atoms with Gasteiger partial charge in [0.15, 0.2) is 11.5 Å². The Morgan fingerprint density at radius 1 is 1.04 bits per heavy atom. The highest BCUT2D eigenvalue weighted by atomic mass is 16.5. The van der Waals surface area contributed by atoms with Crippen LogP contribution in [0, 0.1) is 0 Å². The Hall–Kier alpha value is -2.76. The maximum atomic E-state index is 12.5. The predicted octanol–water partition coefficient (Wildman–Crippen LogP) is 2.60. The number of methoxy groups -OCH3 is 3. The van der Waals surface area contributed by atoms with Gasteiger partial charge in [-0.25, -0.2) is 0 Å². The van der Waals surface area contributed by atoms with Gasteiger partial charge in [-0.1, -0.05) is 0 Å². The summed E-state index contributed by atoms with van der Waals surface area (Å²) >= 11 is 0. The van der Waals surface area contributed by atoms with Crippen molar-refractivity contribution in [3.05, 3.63) is 47.8 Å². The second kappa shape index (κ2) is 7.49. The number of aromatic nitrogens is 1. The topological polar surface area (TPSA) is 69.7 Å². The van der Waals surface area contributed by atoms with Crippen molar-refractivity contribution in [2.75, 3.05) is 21.3 Å². The Labute approximate surface area is 135 Å². The lowest BCUT2D eigenvalue weighted by atomic mass is 10.1.